The Bertz CT molecular complexity index is 916. The first-order valence-electron chi connectivity index (χ1n) is 13.9. The summed E-state index contributed by atoms with van der Waals surface area (Å²) in [6, 6.07) is 0. The molecule has 0 aliphatic heterocycles. The summed E-state index contributed by atoms with van der Waals surface area (Å²) in [6.07, 6.45) is 2.92. The number of hydrogen-bond donors (Lipinski definition) is 4. The van der Waals surface area contributed by atoms with Crippen molar-refractivity contribution in [3.8, 4) is 0 Å². The van der Waals surface area contributed by atoms with E-state index < -0.39 is 45.8 Å². The summed E-state index contributed by atoms with van der Waals surface area (Å²) in [7, 11) is -4.77. The largest absolute Gasteiger partial charge is 1.00 e. The molecule has 0 aromatic carbocycles. The van der Waals surface area contributed by atoms with Crippen LogP contribution < -0.4 is 29.6 Å². The summed E-state index contributed by atoms with van der Waals surface area (Å²) in [5.74, 6) is 0.632. The number of rotatable bonds is 7. The Morgan fingerprint density at radius 3 is 2.27 bits per heavy atom. The first kappa shape index (κ1) is 32.2. The first-order chi connectivity index (χ1) is 16.5. The summed E-state index contributed by atoms with van der Waals surface area (Å²) >= 11 is 0. The van der Waals surface area contributed by atoms with Crippen molar-refractivity contribution in [1.82, 2.24) is 0 Å². The molecule has 10 heteroatoms. The van der Waals surface area contributed by atoms with Gasteiger partial charge in [-0.2, -0.15) is 0 Å². The van der Waals surface area contributed by atoms with Crippen LogP contribution in [-0.4, -0.2) is 63.4 Å². The van der Waals surface area contributed by atoms with Crippen molar-refractivity contribution >= 4 is 10.4 Å². The van der Waals surface area contributed by atoms with Crippen LogP contribution in [0.1, 0.15) is 92.4 Å². The molecule has 0 spiro atoms. The van der Waals surface area contributed by atoms with Crippen LogP contribution in [-0.2, 0) is 14.6 Å². The SMILES string of the molecule is CC(C)[C@H](CC[C@@H](C)[C@H]1C[C@H](O)[C@H]2[C@@H]3C[C@@H](O)[C@@]4(O)C[C@@H](O)CC[C@]4(C)[C@H]3CC[C@@]21C)OS(=O)(=O)[O-].[Na+]. The molecule has 4 saturated carbocycles. The van der Waals surface area contributed by atoms with E-state index in [1.165, 1.54) is 0 Å². The Morgan fingerprint density at radius 2 is 1.68 bits per heavy atom. The second-order valence-electron chi connectivity index (χ2n) is 13.6. The monoisotopic (exact) mass is 554 g/mol. The number of fused-ring (bicyclic) bond motifs is 5. The third-order valence-corrected chi connectivity index (χ3v) is 11.9. The van der Waals surface area contributed by atoms with Gasteiger partial charge in [-0.05, 0) is 92.3 Å². The van der Waals surface area contributed by atoms with E-state index in [0.29, 0.717) is 38.5 Å². The molecule has 0 aromatic rings. The van der Waals surface area contributed by atoms with E-state index in [2.05, 4.69) is 20.8 Å². The van der Waals surface area contributed by atoms with Crippen molar-refractivity contribution in [3.05, 3.63) is 0 Å². The summed E-state index contributed by atoms with van der Waals surface area (Å²) in [6.45, 7) is 10.2. The standard InChI is InChI=1S/C27H48O8S.Na/c1-15(2)22(35-36(32,33)34)7-6-16(3)20-13-21(29)24-18-12-23(30)27(31)14-17(28)8-11-26(27,5)19(18)9-10-25(20,24)4;/h15-24,28-31H,6-14H2,1-5H3,(H,32,33,34);/q;+1/p-1/t16-,17+,18-,19+,20-,21+,22+,23-,24-,25-,26-,27+;/m1./s1. The maximum atomic E-state index is 11.6. The van der Waals surface area contributed by atoms with Crippen LogP contribution in [0.5, 0.6) is 0 Å². The molecule has 8 nitrogen and oxygen atoms in total. The van der Waals surface area contributed by atoms with Crippen molar-refractivity contribution in [2.45, 2.75) is 122 Å². The van der Waals surface area contributed by atoms with Gasteiger partial charge in [0.1, 0.15) is 0 Å². The number of aliphatic hydroxyl groups excluding tert-OH is 3. The van der Waals surface area contributed by atoms with E-state index >= 15 is 0 Å². The molecular formula is C27H47NaO8S. The molecule has 4 aliphatic rings. The van der Waals surface area contributed by atoms with Gasteiger partial charge in [0, 0.05) is 11.8 Å². The van der Waals surface area contributed by atoms with Crippen LogP contribution in [0.3, 0.4) is 0 Å². The van der Waals surface area contributed by atoms with Gasteiger partial charge in [0.25, 0.3) is 0 Å². The van der Waals surface area contributed by atoms with Gasteiger partial charge in [0.05, 0.1) is 30.0 Å². The van der Waals surface area contributed by atoms with Crippen molar-refractivity contribution in [2.75, 3.05) is 0 Å². The summed E-state index contributed by atoms with van der Waals surface area (Å²) in [4.78, 5) is 0. The average Bonchev–Trinajstić information content (AvgIpc) is 3.03. The summed E-state index contributed by atoms with van der Waals surface area (Å²) in [5, 5.41) is 44.5. The van der Waals surface area contributed by atoms with Gasteiger partial charge in [-0.25, -0.2) is 8.42 Å². The van der Waals surface area contributed by atoms with Gasteiger partial charge >= 0.3 is 29.6 Å². The van der Waals surface area contributed by atoms with Crippen LogP contribution in [0, 0.1) is 46.3 Å². The van der Waals surface area contributed by atoms with Crippen LogP contribution in [0.4, 0.5) is 0 Å². The quantitative estimate of drug-likeness (QED) is 0.195. The molecule has 4 rings (SSSR count). The fourth-order valence-electron chi connectivity index (χ4n) is 9.53. The van der Waals surface area contributed by atoms with Crippen LogP contribution in [0.15, 0.2) is 0 Å². The number of hydrogen-bond acceptors (Lipinski definition) is 8. The number of aliphatic hydroxyl groups is 4. The molecule has 4 fully saturated rings. The second kappa shape index (κ2) is 11.2. The van der Waals surface area contributed by atoms with Crippen molar-refractivity contribution in [3.63, 3.8) is 0 Å². The first-order valence-corrected chi connectivity index (χ1v) is 15.3. The maximum Gasteiger partial charge on any atom is 1.00 e. The minimum absolute atomic E-state index is 0. The topological polar surface area (TPSA) is 147 Å². The smallest absolute Gasteiger partial charge is 0.726 e. The van der Waals surface area contributed by atoms with Crippen LogP contribution in [0.25, 0.3) is 0 Å². The molecule has 4 aliphatic carbocycles. The van der Waals surface area contributed by atoms with E-state index in [4.69, 9.17) is 4.18 Å². The summed E-state index contributed by atoms with van der Waals surface area (Å²) < 4.78 is 38.4. The zero-order valence-corrected chi connectivity index (χ0v) is 26.3. The Balaban J connectivity index is 0.00000380. The van der Waals surface area contributed by atoms with Crippen LogP contribution in [0.2, 0.25) is 0 Å². The molecule has 37 heavy (non-hydrogen) atoms. The molecule has 4 N–H and O–H groups in total. The third kappa shape index (κ3) is 5.62. The van der Waals surface area contributed by atoms with Gasteiger partial charge in [0.2, 0.25) is 10.4 Å². The van der Waals surface area contributed by atoms with Crippen molar-refractivity contribution in [2.24, 2.45) is 46.3 Å². The van der Waals surface area contributed by atoms with Crippen LogP contribution >= 0.6 is 0 Å². The minimum atomic E-state index is -4.77. The van der Waals surface area contributed by atoms with Crippen molar-refractivity contribution in [1.29, 1.82) is 0 Å². The molecular weight excluding hydrogens is 507 g/mol. The average molecular weight is 555 g/mol. The Labute approximate surface area is 245 Å². The van der Waals surface area contributed by atoms with E-state index in [1.54, 1.807) is 0 Å². The predicted octanol–water partition coefficient (Wildman–Crippen LogP) is -0.0156. The van der Waals surface area contributed by atoms with Gasteiger partial charge in [-0.15, -0.1) is 0 Å². The van der Waals surface area contributed by atoms with E-state index in [0.717, 1.165) is 12.8 Å². The van der Waals surface area contributed by atoms with Gasteiger partial charge in [-0.3, -0.25) is 4.18 Å². The van der Waals surface area contributed by atoms with E-state index in [9.17, 15) is 33.4 Å². The Morgan fingerprint density at radius 1 is 1.03 bits per heavy atom. The normalized spacial score (nSPS) is 47.4. The second-order valence-corrected chi connectivity index (χ2v) is 14.6. The predicted molar refractivity (Wildman–Crippen MR) is 133 cm³/mol. The molecule has 210 valence electrons. The molecule has 0 amide bonds. The van der Waals surface area contributed by atoms with E-state index in [-0.39, 0.29) is 76.9 Å². The zero-order valence-electron chi connectivity index (χ0n) is 23.5. The zero-order chi connectivity index (χ0) is 26.8. The van der Waals surface area contributed by atoms with Gasteiger partial charge in [0.15, 0.2) is 0 Å². The van der Waals surface area contributed by atoms with E-state index in [1.807, 2.05) is 13.8 Å². The van der Waals surface area contributed by atoms with Gasteiger partial charge < -0.3 is 25.0 Å². The Hall–Kier alpha value is 0.710. The van der Waals surface area contributed by atoms with Gasteiger partial charge in [-0.1, -0.05) is 34.6 Å². The molecule has 0 radical (unpaired) electrons. The summed E-state index contributed by atoms with van der Waals surface area (Å²) in [5.41, 5.74) is -1.92. The maximum absolute atomic E-state index is 11.6. The molecule has 0 heterocycles. The molecule has 0 bridgehead atoms. The Kier molecular flexibility index (Phi) is 9.74. The van der Waals surface area contributed by atoms with Crippen molar-refractivity contribution < 1.29 is 67.1 Å². The molecule has 12 atom stereocenters. The molecule has 0 saturated heterocycles. The fourth-order valence-corrected chi connectivity index (χ4v) is 10.2. The molecule has 0 aromatic heterocycles. The minimum Gasteiger partial charge on any atom is -0.726 e. The molecule has 0 unspecified atom stereocenters. The fraction of sp³-hybridized carbons (Fsp3) is 1.00. The third-order valence-electron chi connectivity index (χ3n) is 11.5.